The molecule has 1 unspecified atom stereocenters. The summed E-state index contributed by atoms with van der Waals surface area (Å²) in [6.07, 6.45) is 2.70. The quantitative estimate of drug-likeness (QED) is 0.804. The van der Waals surface area contributed by atoms with E-state index in [0.717, 1.165) is 29.5 Å². The maximum absolute atomic E-state index is 10.4. The smallest absolute Gasteiger partial charge is 0.108 e. The van der Waals surface area contributed by atoms with Crippen molar-refractivity contribution in [3.05, 3.63) is 34.9 Å². The van der Waals surface area contributed by atoms with Crippen molar-refractivity contribution >= 4 is 0 Å². The van der Waals surface area contributed by atoms with Crippen molar-refractivity contribution < 1.29 is 10.2 Å². The summed E-state index contributed by atoms with van der Waals surface area (Å²) in [5, 5.41) is 20.7. The molecule has 0 heterocycles. The number of hydrogen-bond donors (Lipinski definition) is 2. The molecular weight excluding hydrogens is 200 g/mol. The molecule has 2 heteroatoms. The van der Waals surface area contributed by atoms with Crippen LogP contribution in [0.2, 0.25) is 0 Å². The second-order valence-electron chi connectivity index (χ2n) is 5.07. The number of aliphatic hydroxyl groups is 2. The van der Waals surface area contributed by atoms with Crippen molar-refractivity contribution in [3.8, 4) is 0 Å². The van der Waals surface area contributed by atoms with Crippen LogP contribution in [-0.4, -0.2) is 15.8 Å². The number of aryl methyl sites for hydroxylation is 2. The van der Waals surface area contributed by atoms with Gasteiger partial charge in [0.15, 0.2) is 0 Å². The fraction of sp³-hybridized carbons (Fsp3) is 0.571. The molecule has 0 radical (unpaired) electrons. The highest BCUT2D eigenvalue weighted by Gasteiger charge is 2.39. The van der Waals surface area contributed by atoms with E-state index in [1.165, 1.54) is 0 Å². The molecule has 1 fully saturated rings. The predicted octanol–water partition coefficient (Wildman–Crippen LogP) is 2.64. The largest absolute Gasteiger partial charge is 0.387 e. The molecule has 1 aliphatic rings. The van der Waals surface area contributed by atoms with Crippen LogP contribution in [0.15, 0.2) is 18.2 Å². The van der Waals surface area contributed by atoms with Crippen LogP contribution in [0.4, 0.5) is 0 Å². The first kappa shape index (κ1) is 11.6. The Bertz CT molecular complexity index is 378. The molecule has 2 nitrogen and oxygen atoms in total. The van der Waals surface area contributed by atoms with E-state index in [9.17, 15) is 10.2 Å². The maximum Gasteiger partial charge on any atom is 0.108 e. The number of aliphatic hydroxyl groups excluding tert-OH is 1. The maximum atomic E-state index is 10.4. The van der Waals surface area contributed by atoms with Gasteiger partial charge in [0.1, 0.15) is 6.10 Å². The highest BCUT2D eigenvalue weighted by Crippen LogP contribution is 2.40. The molecule has 0 spiro atoms. The molecule has 88 valence electrons. The van der Waals surface area contributed by atoms with E-state index in [0.29, 0.717) is 12.8 Å². The average molecular weight is 220 g/mol. The Morgan fingerprint density at radius 1 is 1.19 bits per heavy atom. The lowest BCUT2D eigenvalue weighted by molar-refractivity contribution is -0.0721. The molecule has 0 saturated heterocycles. The Morgan fingerprint density at radius 2 is 1.81 bits per heavy atom. The van der Waals surface area contributed by atoms with Crippen LogP contribution in [0.5, 0.6) is 0 Å². The summed E-state index contributed by atoms with van der Waals surface area (Å²) in [6.45, 7) is 3.99. The summed E-state index contributed by atoms with van der Waals surface area (Å²) in [7, 11) is 0. The van der Waals surface area contributed by atoms with Gasteiger partial charge in [0, 0.05) is 0 Å². The van der Waals surface area contributed by atoms with Gasteiger partial charge in [-0.3, -0.25) is 0 Å². The van der Waals surface area contributed by atoms with Crippen molar-refractivity contribution in [1.82, 2.24) is 0 Å². The summed E-state index contributed by atoms with van der Waals surface area (Å²) in [5.74, 6) is 0. The highest BCUT2D eigenvalue weighted by molar-refractivity contribution is 5.33. The lowest BCUT2D eigenvalue weighted by Gasteiger charge is -2.30. The van der Waals surface area contributed by atoms with E-state index in [2.05, 4.69) is 0 Å². The molecule has 0 bridgehead atoms. The van der Waals surface area contributed by atoms with Crippen molar-refractivity contribution in [2.75, 3.05) is 0 Å². The predicted molar refractivity (Wildman–Crippen MR) is 64.3 cm³/mol. The standard InChI is InChI=1S/C14H20O2/c1-10-5-6-11(2)12(9-10)13(15)14(16)7-3-4-8-14/h5-6,9,13,15-16H,3-4,7-8H2,1-2H3. The monoisotopic (exact) mass is 220 g/mol. The molecule has 1 aliphatic carbocycles. The fourth-order valence-corrected chi connectivity index (χ4v) is 2.60. The van der Waals surface area contributed by atoms with E-state index >= 15 is 0 Å². The van der Waals surface area contributed by atoms with Crippen LogP contribution in [0.3, 0.4) is 0 Å². The van der Waals surface area contributed by atoms with Crippen LogP contribution >= 0.6 is 0 Å². The van der Waals surface area contributed by atoms with Crippen molar-refractivity contribution in [3.63, 3.8) is 0 Å². The fourth-order valence-electron chi connectivity index (χ4n) is 2.60. The zero-order valence-electron chi connectivity index (χ0n) is 10.0. The first-order valence-corrected chi connectivity index (χ1v) is 6.00. The zero-order chi connectivity index (χ0) is 11.8. The SMILES string of the molecule is Cc1ccc(C)c(C(O)C2(O)CCCC2)c1. The minimum Gasteiger partial charge on any atom is -0.387 e. The van der Waals surface area contributed by atoms with Gasteiger partial charge < -0.3 is 10.2 Å². The van der Waals surface area contributed by atoms with Crippen LogP contribution in [-0.2, 0) is 0 Å². The Balaban J connectivity index is 2.32. The summed E-state index contributed by atoms with van der Waals surface area (Å²) < 4.78 is 0. The van der Waals surface area contributed by atoms with Gasteiger partial charge in [0.2, 0.25) is 0 Å². The van der Waals surface area contributed by atoms with Crippen LogP contribution < -0.4 is 0 Å². The molecule has 0 aliphatic heterocycles. The van der Waals surface area contributed by atoms with Gasteiger partial charge in [-0.2, -0.15) is 0 Å². The van der Waals surface area contributed by atoms with Gasteiger partial charge >= 0.3 is 0 Å². The number of rotatable bonds is 2. The summed E-state index contributed by atoms with van der Waals surface area (Å²) in [6, 6.07) is 6.02. The average Bonchev–Trinajstić information content (AvgIpc) is 2.69. The van der Waals surface area contributed by atoms with E-state index in [-0.39, 0.29) is 0 Å². The van der Waals surface area contributed by atoms with Crippen LogP contribution in [0.1, 0.15) is 48.5 Å². The molecule has 2 rings (SSSR count). The lowest BCUT2D eigenvalue weighted by Crippen LogP contribution is -2.33. The third-order valence-corrected chi connectivity index (χ3v) is 3.71. The number of hydrogen-bond acceptors (Lipinski definition) is 2. The van der Waals surface area contributed by atoms with E-state index in [1.807, 2.05) is 32.0 Å². The van der Waals surface area contributed by atoms with Gasteiger partial charge in [-0.05, 0) is 37.8 Å². The Labute approximate surface area is 96.9 Å². The molecule has 1 saturated carbocycles. The van der Waals surface area contributed by atoms with E-state index in [1.54, 1.807) is 0 Å². The van der Waals surface area contributed by atoms with Crippen molar-refractivity contribution in [2.45, 2.75) is 51.2 Å². The lowest BCUT2D eigenvalue weighted by atomic mass is 9.87. The van der Waals surface area contributed by atoms with E-state index < -0.39 is 11.7 Å². The first-order valence-electron chi connectivity index (χ1n) is 6.00. The topological polar surface area (TPSA) is 40.5 Å². The van der Waals surface area contributed by atoms with Gasteiger partial charge in [0.25, 0.3) is 0 Å². The third-order valence-electron chi connectivity index (χ3n) is 3.71. The molecule has 0 amide bonds. The number of benzene rings is 1. The van der Waals surface area contributed by atoms with Gasteiger partial charge in [0.05, 0.1) is 5.60 Å². The third kappa shape index (κ3) is 2.00. The van der Waals surface area contributed by atoms with Crippen LogP contribution in [0.25, 0.3) is 0 Å². The summed E-state index contributed by atoms with van der Waals surface area (Å²) in [5.41, 5.74) is 2.16. The van der Waals surface area contributed by atoms with Gasteiger partial charge in [-0.1, -0.05) is 36.6 Å². The second kappa shape index (κ2) is 4.19. The minimum atomic E-state index is -0.904. The second-order valence-corrected chi connectivity index (χ2v) is 5.07. The van der Waals surface area contributed by atoms with Gasteiger partial charge in [-0.15, -0.1) is 0 Å². The molecule has 1 aromatic carbocycles. The van der Waals surface area contributed by atoms with Crippen LogP contribution in [0, 0.1) is 13.8 Å². The Hall–Kier alpha value is -0.860. The summed E-state index contributed by atoms with van der Waals surface area (Å²) >= 11 is 0. The Kier molecular flexibility index (Phi) is 3.04. The highest BCUT2D eigenvalue weighted by atomic mass is 16.3. The summed E-state index contributed by atoms with van der Waals surface area (Å²) in [4.78, 5) is 0. The van der Waals surface area contributed by atoms with Gasteiger partial charge in [-0.25, -0.2) is 0 Å². The zero-order valence-corrected chi connectivity index (χ0v) is 10.0. The molecular formula is C14H20O2. The van der Waals surface area contributed by atoms with Crippen molar-refractivity contribution in [1.29, 1.82) is 0 Å². The molecule has 1 aromatic rings. The molecule has 2 N–H and O–H groups in total. The van der Waals surface area contributed by atoms with Crippen molar-refractivity contribution in [2.24, 2.45) is 0 Å². The Morgan fingerprint density at radius 3 is 2.44 bits per heavy atom. The normalized spacial score (nSPS) is 21.0. The molecule has 16 heavy (non-hydrogen) atoms. The molecule has 0 aromatic heterocycles. The minimum absolute atomic E-state index is 0.710. The van der Waals surface area contributed by atoms with E-state index in [4.69, 9.17) is 0 Å². The first-order chi connectivity index (χ1) is 7.53. The molecule has 1 atom stereocenters.